The Hall–Kier alpha value is -1.49. The largest absolute Gasteiger partial charge is 0.481 e. The van der Waals surface area contributed by atoms with Crippen molar-refractivity contribution >= 4 is 5.97 Å². The quantitative estimate of drug-likeness (QED) is 0.648. The molecule has 0 spiro atoms. The molecule has 1 heterocycles. The highest BCUT2D eigenvalue weighted by Gasteiger charge is 1.96. The number of carboxylic acid groups (broad SMARTS) is 1. The van der Waals surface area contributed by atoms with Crippen molar-refractivity contribution in [3.8, 4) is 0 Å². The van der Waals surface area contributed by atoms with E-state index in [0.717, 1.165) is 38.0 Å². The molecule has 0 saturated heterocycles. The van der Waals surface area contributed by atoms with Crippen LogP contribution in [0.3, 0.4) is 0 Å². The fourth-order valence-electron chi connectivity index (χ4n) is 1.34. The molecule has 0 fully saturated rings. The van der Waals surface area contributed by atoms with Gasteiger partial charge in [-0.25, -0.2) is 9.97 Å². The lowest BCUT2D eigenvalue weighted by Gasteiger charge is -2.03. The van der Waals surface area contributed by atoms with E-state index >= 15 is 0 Å². The molecule has 0 unspecified atom stereocenters. The van der Waals surface area contributed by atoms with Gasteiger partial charge >= 0.3 is 5.97 Å². The van der Waals surface area contributed by atoms with E-state index in [1.54, 1.807) is 6.20 Å². The lowest BCUT2D eigenvalue weighted by atomic mass is 10.2. The number of aliphatic carboxylic acids is 1. The van der Waals surface area contributed by atoms with Gasteiger partial charge in [0.25, 0.3) is 0 Å². The molecule has 1 rings (SSSR count). The summed E-state index contributed by atoms with van der Waals surface area (Å²) >= 11 is 0. The molecule has 0 aliphatic carbocycles. The van der Waals surface area contributed by atoms with Gasteiger partial charge < -0.3 is 10.4 Å². The second-order valence-electron chi connectivity index (χ2n) is 3.58. The Morgan fingerprint density at radius 2 is 2.25 bits per heavy atom. The highest BCUT2D eigenvalue weighted by atomic mass is 16.4. The number of nitrogens with one attached hydrogen (secondary N) is 1. The molecular formula is C11H17N3O2. The number of carboxylic acids is 1. The van der Waals surface area contributed by atoms with Gasteiger partial charge in [0.05, 0.1) is 5.69 Å². The number of aromatic nitrogens is 2. The minimum atomic E-state index is -0.714. The summed E-state index contributed by atoms with van der Waals surface area (Å²) in [5, 5.41) is 11.7. The predicted octanol–water partition coefficient (Wildman–Crippen LogP) is 1.21. The third-order valence-electron chi connectivity index (χ3n) is 2.19. The molecule has 88 valence electrons. The van der Waals surface area contributed by atoms with E-state index < -0.39 is 5.97 Å². The summed E-state index contributed by atoms with van der Waals surface area (Å²) in [6, 6.07) is 1.87. The van der Waals surface area contributed by atoms with Crippen molar-refractivity contribution in [1.29, 1.82) is 0 Å². The first-order valence-corrected chi connectivity index (χ1v) is 5.46. The maximum atomic E-state index is 10.2. The van der Waals surface area contributed by atoms with E-state index in [1.165, 1.54) is 6.33 Å². The summed E-state index contributed by atoms with van der Waals surface area (Å²) in [6.07, 6.45) is 6.22. The zero-order valence-corrected chi connectivity index (χ0v) is 9.22. The Balaban J connectivity index is 1.94. The van der Waals surface area contributed by atoms with Gasteiger partial charge in [0, 0.05) is 19.2 Å². The average molecular weight is 223 g/mol. The van der Waals surface area contributed by atoms with E-state index in [-0.39, 0.29) is 6.42 Å². The predicted molar refractivity (Wildman–Crippen MR) is 59.8 cm³/mol. The van der Waals surface area contributed by atoms with Crippen molar-refractivity contribution in [2.24, 2.45) is 0 Å². The van der Waals surface area contributed by atoms with Crippen molar-refractivity contribution < 1.29 is 9.90 Å². The van der Waals surface area contributed by atoms with Gasteiger partial charge in [-0.05, 0) is 25.5 Å². The van der Waals surface area contributed by atoms with Crippen LogP contribution in [0.4, 0.5) is 0 Å². The Labute approximate surface area is 94.9 Å². The van der Waals surface area contributed by atoms with E-state index in [1.807, 2.05) is 6.07 Å². The highest BCUT2D eigenvalue weighted by Crippen LogP contribution is 1.99. The van der Waals surface area contributed by atoms with Gasteiger partial charge in [0.2, 0.25) is 0 Å². The van der Waals surface area contributed by atoms with Crippen molar-refractivity contribution in [3.63, 3.8) is 0 Å². The van der Waals surface area contributed by atoms with Crippen LogP contribution in [0, 0.1) is 0 Å². The van der Waals surface area contributed by atoms with Gasteiger partial charge in [-0.15, -0.1) is 0 Å². The molecule has 1 aromatic rings. The molecule has 0 saturated carbocycles. The third-order valence-corrected chi connectivity index (χ3v) is 2.19. The normalized spacial score (nSPS) is 10.2. The van der Waals surface area contributed by atoms with Crippen LogP contribution in [0.1, 0.15) is 31.4 Å². The first-order valence-electron chi connectivity index (χ1n) is 5.46. The minimum absolute atomic E-state index is 0.270. The third kappa shape index (κ3) is 6.08. The Morgan fingerprint density at radius 1 is 1.38 bits per heavy atom. The smallest absolute Gasteiger partial charge is 0.303 e. The average Bonchev–Trinajstić information content (AvgIpc) is 2.29. The topological polar surface area (TPSA) is 75.1 Å². The first kappa shape index (κ1) is 12.6. The summed E-state index contributed by atoms with van der Waals surface area (Å²) in [4.78, 5) is 18.2. The van der Waals surface area contributed by atoms with E-state index in [4.69, 9.17) is 5.11 Å². The van der Waals surface area contributed by atoms with Crippen LogP contribution >= 0.6 is 0 Å². The molecule has 5 heteroatoms. The Morgan fingerprint density at radius 3 is 2.94 bits per heavy atom. The lowest BCUT2D eigenvalue weighted by Crippen LogP contribution is -2.15. The number of hydrogen-bond donors (Lipinski definition) is 2. The maximum Gasteiger partial charge on any atom is 0.303 e. The number of carbonyl (C=O) groups is 1. The number of rotatable bonds is 8. The van der Waals surface area contributed by atoms with E-state index in [2.05, 4.69) is 15.3 Å². The molecule has 0 radical (unpaired) electrons. The van der Waals surface area contributed by atoms with Crippen LogP contribution in [0.25, 0.3) is 0 Å². The monoisotopic (exact) mass is 223 g/mol. The lowest BCUT2D eigenvalue weighted by molar-refractivity contribution is -0.137. The van der Waals surface area contributed by atoms with Gasteiger partial charge in [0.15, 0.2) is 0 Å². The number of hydrogen-bond acceptors (Lipinski definition) is 4. The van der Waals surface area contributed by atoms with Crippen molar-refractivity contribution in [1.82, 2.24) is 15.3 Å². The molecule has 0 aliphatic rings. The minimum Gasteiger partial charge on any atom is -0.481 e. The number of nitrogens with zero attached hydrogens (tertiary/aromatic N) is 2. The van der Waals surface area contributed by atoms with Gasteiger partial charge in [-0.2, -0.15) is 0 Å². The van der Waals surface area contributed by atoms with E-state index in [9.17, 15) is 4.79 Å². The molecular weight excluding hydrogens is 206 g/mol. The molecule has 1 aromatic heterocycles. The maximum absolute atomic E-state index is 10.2. The van der Waals surface area contributed by atoms with Crippen LogP contribution < -0.4 is 5.32 Å². The summed E-state index contributed by atoms with van der Waals surface area (Å²) in [5.41, 5.74) is 0.973. The standard InChI is InChI=1S/C11H17N3O2/c15-11(16)4-2-1-3-6-12-8-10-5-7-13-9-14-10/h5,7,9,12H,1-4,6,8H2,(H,15,16). The van der Waals surface area contributed by atoms with Crippen LogP contribution in [0.5, 0.6) is 0 Å². The van der Waals surface area contributed by atoms with Crippen molar-refractivity contribution in [2.45, 2.75) is 32.2 Å². The van der Waals surface area contributed by atoms with Crippen molar-refractivity contribution in [3.05, 3.63) is 24.3 Å². The first-order chi connectivity index (χ1) is 7.79. The highest BCUT2D eigenvalue weighted by molar-refractivity contribution is 5.66. The van der Waals surface area contributed by atoms with Crippen LogP contribution in [0.15, 0.2) is 18.6 Å². The Kier molecular flexibility index (Phi) is 6.10. The fraction of sp³-hybridized carbons (Fsp3) is 0.545. The molecule has 2 N–H and O–H groups in total. The zero-order chi connectivity index (χ0) is 11.6. The van der Waals surface area contributed by atoms with Gasteiger partial charge in [0.1, 0.15) is 6.33 Å². The van der Waals surface area contributed by atoms with Crippen LogP contribution in [-0.2, 0) is 11.3 Å². The van der Waals surface area contributed by atoms with Gasteiger partial charge in [-0.1, -0.05) is 6.42 Å². The second-order valence-corrected chi connectivity index (χ2v) is 3.58. The van der Waals surface area contributed by atoms with E-state index in [0.29, 0.717) is 0 Å². The molecule has 5 nitrogen and oxygen atoms in total. The molecule has 0 amide bonds. The summed E-state index contributed by atoms with van der Waals surface area (Å²) < 4.78 is 0. The Bertz CT molecular complexity index is 303. The van der Waals surface area contributed by atoms with Crippen LogP contribution in [-0.4, -0.2) is 27.6 Å². The molecule has 0 aliphatic heterocycles. The second kappa shape index (κ2) is 7.76. The fourth-order valence-corrected chi connectivity index (χ4v) is 1.34. The van der Waals surface area contributed by atoms with Crippen molar-refractivity contribution in [2.75, 3.05) is 6.54 Å². The molecule has 0 bridgehead atoms. The number of unbranched alkanes of at least 4 members (excludes halogenated alkanes) is 2. The van der Waals surface area contributed by atoms with Crippen LogP contribution in [0.2, 0.25) is 0 Å². The molecule has 0 atom stereocenters. The zero-order valence-electron chi connectivity index (χ0n) is 9.22. The molecule has 16 heavy (non-hydrogen) atoms. The summed E-state index contributed by atoms with van der Waals surface area (Å²) in [6.45, 7) is 1.63. The summed E-state index contributed by atoms with van der Waals surface area (Å²) in [5.74, 6) is -0.714. The SMILES string of the molecule is O=C(O)CCCCCNCc1ccncn1. The summed E-state index contributed by atoms with van der Waals surface area (Å²) in [7, 11) is 0. The van der Waals surface area contributed by atoms with Gasteiger partial charge in [-0.3, -0.25) is 4.79 Å². The molecule has 0 aromatic carbocycles.